The molecule has 0 saturated heterocycles. The summed E-state index contributed by atoms with van der Waals surface area (Å²) in [5.74, 6) is 0.680. The number of H-pyrrole nitrogens is 1. The fourth-order valence-electron chi connectivity index (χ4n) is 2.39. The Labute approximate surface area is 153 Å². The van der Waals surface area contributed by atoms with Crippen LogP contribution in [0.25, 0.3) is 0 Å². The number of nitrogens with zero attached hydrogens (tertiary/aromatic N) is 2. The molecule has 0 aliphatic rings. The first-order chi connectivity index (χ1) is 12.3. The van der Waals surface area contributed by atoms with E-state index in [9.17, 15) is 13.2 Å². The van der Waals surface area contributed by atoms with E-state index in [-0.39, 0.29) is 10.8 Å². The molecular formula is C17H25N5O3S. The van der Waals surface area contributed by atoms with Crippen molar-refractivity contribution in [3.8, 4) is 0 Å². The van der Waals surface area contributed by atoms with Gasteiger partial charge in [0.15, 0.2) is 5.82 Å². The van der Waals surface area contributed by atoms with Gasteiger partial charge in [-0.3, -0.25) is 9.89 Å². The van der Waals surface area contributed by atoms with Gasteiger partial charge in [-0.15, -0.1) is 0 Å². The molecule has 2 rings (SSSR count). The zero-order valence-electron chi connectivity index (χ0n) is 15.2. The predicted octanol–water partition coefficient (Wildman–Crippen LogP) is 2.07. The Hall–Kier alpha value is -2.26. The maximum absolute atomic E-state index is 12.6. The van der Waals surface area contributed by atoms with Crippen molar-refractivity contribution >= 4 is 15.9 Å². The van der Waals surface area contributed by atoms with Gasteiger partial charge >= 0.3 is 0 Å². The molecule has 0 spiro atoms. The van der Waals surface area contributed by atoms with Crippen LogP contribution in [0, 0.1) is 6.92 Å². The van der Waals surface area contributed by atoms with Gasteiger partial charge in [-0.25, -0.2) is 18.1 Å². The molecule has 0 radical (unpaired) electrons. The number of hydrogen-bond acceptors (Lipinski definition) is 5. The summed E-state index contributed by atoms with van der Waals surface area (Å²) < 4.78 is 27.7. The van der Waals surface area contributed by atoms with Crippen molar-refractivity contribution in [2.45, 2.75) is 51.0 Å². The molecule has 26 heavy (non-hydrogen) atoms. The van der Waals surface area contributed by atoms with Crippen LogP contribution in [-0.4, -0.2) is 36.1 Å². The van der Waals surface area contributed by atoms with Crippen LogP contribution in [0.15, 0.2) is 29.2 Å². The first-order valence-corrected chi connectivity index (χ1v) is 10.1. The predicted molar refractivity (Wildman–Crippen MR) is 98.2 cm³/mol. The molecule has 1 unspecified atom stereocenters. The van der Waals surface area contributed by atoms with Gasteiger partial charge in [0.1, 0.15) is 5.82 Å². The van der Waals surface area contributed by atoms with Crippen LogP contribution in [0.1, 0.15) is 61.2 Å². The van der Waals surface area contributed by atoms with Gasteiger partial charge in [0.05, 0.1) is 10.9 Å². The van der Waals surface area contributed by atoms with Crippen molar-refractivity contribution in [2.24, 2.45) is 0 Å². The molecule has 2 aromatic rings. The van der Waals surface area contributed by atoms with Gasteiger partial charge in [-0.05, 0) is 38.5 Å². The fraction of sp³-hybridized carbons (Fsp3) is 0.471. The van der Waals surface area contributed by atoms with E-state index in [1.807, 2.05) is 0 Å². The molecule has 1 aromatic heterocycles. The Morgan fingerprint density at radius 3 is 2.73 bits per heavy atom. The molecule has 0 saturated carbocycles. The van der Waals surface area contributed by atoms with Gasteiger partial charge in [-0.1, -0.05) is 25.8 Å². The molecule has 9 heteroatoms. The number of amides is 1. The highest BCUT2D eigenvalue weighted by molar-refractivity contribution is 7.89. The van der Waals surface area contributed by atoms with E-state index in [4.69, 9.17) is 0 Å². The van der Waals surface area contributed by atoms with E-state index in [1.165, 1.54) is 12.1 Å². The molecule has 142 valence electrons. The van der Waals surface area contributed by atoms with E-state index in [1.54, 1.807) is 26.0 Å². The summed E-state index contributed by atoms with van der Waals surface area (Å²) in [6.07, 6.45) is 3.00. The molecule has 1 aromatic carbocycles. The maximum Gasteiger partial charge on any atom is 0.251 e. The lowest BCUT2D eigenvalue weighted by Crippen LogP contribution is -2.28. The number of carbonyl (C=O) groups excluding carboxylic acids is 1. The fourth-order valence-corrected chi connectivity index (χ4v) is 3.64. The van der Waals surface area contributed by atoms with E-state index >= 15 is 0 Å². The van der Waals surface area contributed by atoms with Gasteiger partial charge < -0.3 is 5.32 Å². The van der Waals surface area contributed by atoms with Crippen molar-refractivity contribution in [1.82, 2.24) is 25.2 Å². The van der Waals surface area contributed by atoms with Crippen LogP contribution in [0.3, 0.4) is 0 Å². The first-order valence-electron chi connectivity index (χ1n) is 8.63. The quantitative estimate of drug-likeness (QED) is 0.577. The SMILES string of the molecule is CCCCCNC(=O)c1cccc(S(=O)(=O)NC(C)c2n[nH]c(C)n2)c1. The number of aromatic nitrogens is 3. The van der Waals surface area contributed by atoms with E-state index < -0.39 is 16.1 Å². The summed E-state index contributed by atoms with van der Waals surface area (Å²) in [6, 6.07) is 5.36. The second-order valence-electron chi connectivity index (χ2n) is 6.11. The molecule has 1 amide bonds. The lowest BCUT2D eigenvalue weighted by Gasteiger charge is -2.12. The molecule has 0 bridgehead atoms. The molecule has 1 heterocycles. The van der Waals surface area contributed by atoms with Crippen molar-refractivity contribution < 1.29 is 13.2 Å². The number of sulfonamides is 1. The Bertz CT molecular complexity index is 848. The van der Waals surface area contributed by atoms with E-state index in [0.29, 0.717) is 23.8 Å². The monoisotopic (exact) mass is 379 g/mol. The van der Waals surface area contributed by atoms with Crippen molar-refractivity contribution in [1.29, 1.82) is 0 Å². The Morgan fingerprint density at radius 1 is 1.31 bits per heavy atom. The maximum atomic E-state index is 12.6. The smallest absolute Gasteiger partial charge is 0.251 e. The van der Waals surface area contributed by atoms with E-state index in [2.05, 4.69) is 32.1 Å². The largest absolute Gasteiger partial charge is 0.352 e. The molecule has 0 aliphatic heterocycles. The Balaban J connectivity index is 2.08. The molecule has 0 fully saturated rings. The van der Waals surface area contributed by atoms with Gasteiger partial charge in [0, 0.05) is 12.1 Å². The number of nitrogens with one attached hydrogen (secondary N) is 3. The molecule has 3 N–H and O–H groups in total. The first kappa shape index (κ1) is 20.1. The molecule has 8 nitrogen and oxygen atoms in total. The van der Waals surface area contributed by atoms with Crippen LogP contribution >= 0.6 is 0 Å². The summed E-state index contributed by atoms with van der Waals surface area (Å²) in [7, 11) is -3.81. The number of unbranched alkanes of at least 4 members (excludes halogenated alkanes) is 2. The van der Waals surface area contributed by atoms with Gasteiger partial charge in [0.25, 0.3) is 5.91 Å². The second-order valence-corrected chi connectivity index (χ2v) is 7.83. The lowest BCUT2D eigenvalue weighted by molar-refractivity contribution is 0.0952. The minimum atomic E-state index is -3.81. The summed E-state index contributed by atoms with van der Waals surface area (Å²) >= 11 is 0. The summed E-state index contributed by atoms with van der Waals surface area (Å²) in [5.41, 5.74) is 0.311. The van der Waals surface area contributed by atoms with Gasteiger partial charge in [0.2, 0.25) is 10.0 Å². The highest BCUT2D eigenvalue weighted by atomic mass is 32.2. The van der Waals surface area contributed by atoms with Crippen LogP contribution in [0.2, 0.25) is 0 Å². The Kier molecular flexibility index (Phi) is 6.87. The van der Waals surface area contributed by atoms with Gasteiger partial charge in [-0.2, -0.15) is 5.10 Å². The van der Waals surface area contributed by atoms with E-state index in [0.717, 1.165) is 19.3 Å². The molecule has 1 atom stereocenters. The zero-order chi connectivity index (χ0) is 19.2. The zero-order valence-corrected chi connectivity index (χ0v) is 16.1. The minimum absolute atomic E-state index is 0.0258. The number of aryl methyl sites for hydroxylation is 1. The second kappa shape index (κ2) is 8.91. The number of benzene rings is 1. The lowest BCUT2D eigenvalue weighted by atomic mass is 10.2. The summed E-state index contributed by atoms with van der Waals surface area (Å²) in [6.45, 7) is 6.05. The third kappa shape index (κ3) is 5.37. The van der Waals surface area contributed by atoms with Crippen LogP contribution in [0.4, 0.5) is 0 Å². The van der Waals surface area contributed by atoms with Crippen molar-refractivity contribution in [3.05, 3.63) is 41.5 Å². The summed E-state index contributed by atoms with van der Waals surface area (Å²) in [5, 5.41) is 9.44. The van der Waals surface area contributed by atoms with Crippen molar-refractivity contribution in [3.63, 3.8) is 0 Å². The Morgan fingerprint density at radius 2 is 2.08 bits per heavy atom. The van der Waals surface area contributed by atoms with Crippen molar-refractivity contribution in [2.75, 3.05) is 6.54 Å². The summed E-state index contributed by atoms with van der Waals surface area (Å²) in [4.78, 5) is 16.3. The topological polar surface area (TPSA) is 117 Å². The standard InChI is InChI=1S/C17H25N5O3S/c1-4-5-6-10-18-17(23)14-8-7-9-15(11-14)26(24,25)22-12(2)16-19-13(3)20-21-16/h7-9,11-12,22H,4-6,10H2,1-3H3,(H,18,23)(H,19,20,21). The highest BCUT2D eigenvalue weighted by Gasteiger charge is 2.21. The number of rotatable bonds is 9. The van der Waals surface area contributed by atoms with Crippen LogP contribution in [0.5, 0.6) is 0 Å². The number of aromatic amines is 1. The number of carbonyl (C=O) groups is 1. The normalized spacial score (nSPS) is 12.7. The molecule has 0 aliphatic carbocycles. The average Bonchev–Trinajstić information content (AvgIpc) is 3.05. The minimum Gasteiger partial charge on any atom is -0.352 e. The van der Waals surface area contributed by atoms with Crippen LogP contribution < -0.4 is 10.0 Å². The average molecular weight is 379 g/mol. The number of hydrogen-bond donors (Lipinski definition) is 3. The third-order valence-electron chi connectivity index (χ3n) is 3.81. The highest BCUT2D eigenvalue weighted by Crippen LogP contribution is 2.16. The molecular weight excluding hydrogens is 354 g/mol. The van der Waals surface area contributed by atoms with Crippen LogP contribution in [-0.2, 0) is 10.0 Å². The third-order valence-corrected chi connectivity index (χ3v) is 5.34.